The van der Waals surface area contributed by atoms with Crippen LogP contribution in [0.25, 0.3) is 0 Å². The molecule has 0 aliphatic carbocycles. The topological polar surface area (TPSA) is 55.5 Å². The molecule has 0 unspecified atom stereocenters. The number of aliphatic hydroxyl groups excluding tert-OH is 1. The normalized spacial score (nSPS) is 12.6. The lowest BCUT2D eigenvalue weighted by molar-refractivity contribution is 0.275. The van der Waals surface area contributed by atoms with Gasteiger partial charge in [0.25, 0.3) is 0 Å². The highest BCUT2D eigenvalue weighted by Crippen LogP contribution is 2.26. The number of aryl methyl sites for hydroxylation is 1. The van der Waals surface area contributed by atoms with Gasteiger partial charge in [-0.25, -0.2) is 0 Å². The van der Waals surface area contributed by atoms with Gasteiger partial charge in [0.05, 0.1) is 7.11 Å². The van der Waals surface area contributed by atoms with Crippen molar-refractivity contribution in [3.8, 4) is 5.75 Å². The number of nitrogens with two attached hydrogens (primary N) is 1. The second kappa shape index (κ2) is 4.98. The second-order valence-corrected chi connectivity index (χ2v) is 3.36. The molecule has 0 saturated heterocycles. The molecular formula is C11H17NO2. The van der Waals surface area contributed by atoms with E-state index in [-0.39, 0.29) is 12.6 Å². The first-order valence-electron chi connectivity index (χ1n) is 4.70. The fourth-order valence-corrected chi connectivity index (χ4v) is 1.44. The summed E-state index contributed by atoms with van der Waals surface area (Å²) in [6, 6.07) is 5.73. The molecule has 0 amide bonds. The van der Waals surface area contributed by atoms with Gasteiger partial charge < -0.3 is 15.6 Å². The summed E-state index contributed by atoms with van der Waals surface area (Å²) >= 11 is 0. The summed E-state index contributed by atoms with van der Waals surface area (Å²) in [5, 5.41) is 8.81. The summed E-state index contributed by atoms with van der Waals surface area (Å²) in [6.07, 6.45) is 0.555. The first-order chi connectivity index (χ1) is 6.69. The molecular weight excluding hydrogens is 178 g/mol. The van der Waals surface area contributed by atoms with Crippen molar-refractivity contribution in [2.24, 2.45) is 5.73 Å². The van der Waals surface area contributed by atoms with Gasteiger partial charge >= 0.3 is 0 Å². The van der Waals surface area contributed by atoms with Gasteiger partial charge in [0.2, 0.25) is 0 Å². The summed E-state index contributed by atoms with van der Waals surface area (Å²) in [5.74, 6) is 0.788. The molecule has 0 heterocycles. The predicted octanol–water partition coefficient (Wildman–Crippen LogP) is 1.39. The standard InChI is InChI=1S/C11H17NO2/c1-8-3-4-11(14-2)9(7-8)10(12)5-6-13/h3-4,7,10,13H,5-6,12H2,1-2H3/t10-/m0/s1. The maximum absolute atomic E-state index is 8.81. The van der Waals surface area contributed by atoms with E-state index in [1.807, 2.05) is 25.1 Å². The van der Waals surface area contributed by atoms with Crippen LogP contribution in [0.1, 0.15) is 23.6 Å². The van der Waals surface area contributed by atoms with Crippen LogP contribution < -0.4 is 10.5 Å². The number of aliphatic hydroxyl groups is 1. The quantitative estimate of drug-likeness (QED) is 0.763. The monoisotopic (exact) mass is 195 g/mol. The number of ether oxygens (including phenoxy) is 1. The summed E-state index contributed by atoms with van der Waals surface area (Å²) in [4.78, 5) is 0. The highest BCUT2D eigenvalue weighted by molar-refractivity contribution is 5.38. The first-order valence-corrected chi connectivity index (χ1v) is 4.70. The van der Waals surface area contributed by atoms with Gasteiger partial charge in [-0.05, 0) is 19.4 Å². The Hall–Kier alpha value is -1.06. The minimum atomic E-state index is -0.158. The van der Waals surface area contributed by atoms with Crippen LogP contribution in [0.3, 0.4) is 0 Å². The lowest BCUT2D eigenvalue weighted by Gasteiger charge is -2.15. The maximum atomic E-state index is 8.81. The van der Waals surface area contributed by atoms with Crippen LogP contribution in [0, 0.1) is 6.92 Å². The molecule has 14 heavy (non-hydrogen) atoms. The summed E-state index contributed by atoms with van der Waals surface area (Å²) < 4.78 is 5.21. The smallest absolute Gasteiger partial charge is 0.123 e. The van der Waals surface area contributed by atoms with Crippen molar-refractivity contribution < 1.29 is 9.84 Å². The molecule has 0 aliphatic rings. The van der Waals surface area contributed by atoms with Crippen molar-refractivity contribution in [2.45, 2.75) is 19.4 Å². The van der Waals surface area contributed by atoms with E-state index in [2.05, 4.69) is 0 Å². The van der Waals surface area contributed by atoms with Gasteiger partial charge in [0.1, 0.15) is 5.75 Å². The van der Waals surface area contributed by atoms with Gasteiger partial charge in [0, 0.05) is 18.2 Å². The lowest BCUT2D eigenvalue weighted by Crippen LogP contribution is -2.13. The van der Waals surface area contributed by atoms with Gasteiger partial charge in [-0.15, -0.1) is 0 Å². The Morgan fingerprint density at radius 2 is 2.21 bits per heavy atom. The predicted molar refractivity (Wildman–Crippen MR) is 56.4 cm³/mol. The summed E-state index contributed by atoms with van der Waals surface area (Å²) in [5.41, 5.74) is 8.02. The zero-order valence-electron chi connectivity index (χ0n) is 8.66. The SMILES string of the molecule is COc1ccc(C)cc1[C@@H](N)CCO. The molecule has 1 aromatic rings. The third kappa shape index (κ3) is 2.47. The Kier molecular flexibility index (Phi) is 3.92. The Morgan fingerprint density at radius 3 is 2.79 bits per heavy atom. The van der Waals surface area contributed by atoms with Crippen LogP contribution in [0.15, 0.2) is 18.2 Å². The van der Waals surface area contributed by atoms with E-state index in [0.717, 1.165) is 16.9 Å². The van der Waals surface area contributed by atoms with Crippen molar-refractivity contribution in [3.05, 3.63) is 29.3 Å². The maximum Gasteiger partial charge on any atom is 0.123 e. The molecule has 0 bridgehead atoms. The van der Waals surface area contributed by atoms with Crippen molar-refractivity contribution >= 4 is 0 Å². The largest absolute Gasteiger partial charge is 0.496 e. The molecule has 3 heteroatoms. The Morgan fingerprint density at radius 1 is 1.50 bits per heavy atom. The zero-order valence-corrected chi connectivity index (χ0v) is 8.66. The first kappa shape index (κ1) is 11.0. The van der Waals surface area contributed by atoms with E-state index >= 15 is 0 Å². The van der Waals surface area contributed by atoms with Crippen LogP contribution in [-0.2, 0) is 0 Å². The lowest BCUT2D eigenvalue weighted by atomic mass is 10.0. The minimum Gasteiger partial charge on any atom is -0.496 e. The van der Waals surface area contributed by atoms with Crippen LogP contribution in [0.2, 0.25) is 0 Å². The average Bonchev–Trinajstić information content (AvgIpc) is 2.18. The van der Waals surface area contributed by atoms with Gasteiger partial charge in [-0.3, -0.25) is 0 Å². The molecule has 0 fully saturated rings. The Bertz CT molecular complexity index is 299. The number of hydrogen-bond donors (Lipinski definition) is 2. The molecule has 1 aromatic carbocycles. The molecule has 1 rings (SSSR count). The van der Waals surface area contributed by atoms with E-state index in [9.17, 15) is 0 Å². The van der Waals surface area contributed by atoms with Crippen LogP contribution in [0.5, 0.6) is 5.75 Å². The molecule has 0 saturated carbocycles. The molecule has 1 atom stereocenters. The molecule has 3 N–H and O–H groups in total. The van der Waals surface area contributed by atoms with Crippen molar-refractivity contribution in [2.75, 3.05) is 13.7 Å². The molecule has 0 aromatic heterocycles. The molecule has 78 valence electrons. The highest BCUT2D eigenvalue weighted by atomic mass is 16.5. The summed E-state index contributed by atoms with van der Waals surface area (Å²) in [7, 11) is 1.62. The third-order valence-corrected chi connectivity index (χ3v) is 2.22. The molecule has 0 radical (unpaired) electrons. The van der Waals surface area contributed by atoms with Crippen LogP contribution in [-0.4, -0.2) is 18.8 Å². The fraction of sp³-hybridized carbons (Fsp3) is 0.455. The molecule has 0 aliphatic heterocycles. The highest BCUT2D eigenvalue weighted by Gasteiger charge is 2.11. The third-order valence-electron chi connectivity index (χ3n) is 2.22. The van der Waals surface area contributed by atoms with E-state index in [1.54, 1.807) is 7.11 Å². The van der Waals surface area contributed by atoms with Crippen molar-refractivity contribution in [1.82, 2.24) is 0 Å². The van der Waals surface area contributed by atoms with Gasteiger partial charge in [-0.1, -0.05) is 17.7 Å². The van der Waals surface area contributed by atoms with Crippen LogP contribution >= 0.6 is 0 Å². The van der Waals surface area contributed by atoms with E-state index in [1.165, 1.54) is 0 Å². The van der Waals surface area contributed by atoms with Crippen molar-refractivity contribution in [1.29, 1.82) is 0 Å². The van der Waals surface area contributed by atoms with Crippen molar-refractivity contribution in [3.63, 3.8) is 0 Å². The van der Waals surface area contributed by atoms with E-state index in [4.69, 9.17) is 15.6 Å². The zero-order chi connectivity index (χ0) is 10.6. The Labute approximate surface area is 84.5 Å². The second-order valence-electron chi connectivity index (χ2n) is 3.36. The Balaban J connectivity index is 2.97. The van der Waals surface area contributed by atoms with E-state index < -0.39 is 0 Å². The van der Waals surface area contributed by atoms with Crippen LogP contribution in [0.4, 0.5) is 0 Å². The van der Waals surface area contributed by atoms with Gasteiger partial charge in [0.15, 0.2) is 0 Å². The number of methoxy groups -OCH3 is 1. The van der Waals surface area contributed by atoms with E-state index in [0.29, 0.717) is 6.42 Å². The number of hydrogen-bond acceptors (Lipinski definition) is 3. The average molecular weight is 195 g/mol. The molecule has 0 spiro atoms. The fourth-order valence-electron chi connectivity index (χ4n) is 1.44. The van der Waals surface area contributed by atoms with Gasteiger partial charge in [-0.2, -0.15) is 0 Å². The minimum absolute atomic E-state index is 0.0955. The number of rotatable bonds is 4. The summed E-state index contributed by atoms with van der Waals surface area (Å²) in [6.45, 7) is 2.10. The number of benzene rings is 1. The molecule has 3 nitrogen and oxygen atoms in total.